The Morgan fingerprint density at radius 2 is 1.88 bits per heavy atom. The van der Waals surface area contributed by atoms with Crippen molar-refractivity contribution in [3.05, 3.63) is 57.7 Å². The van der Waals surface area contributed by atoms with Crippen LogP contribution in [0.5, 0.6) is 0 Å². The number of pyridine rings is 1. The molecule has 0 aliphatic heterocycles. The molecular weight excluding hydrogens is 294 g/mol. The van der Waals surface area contributed by atoms with Gasteiger partial charge < -0.3 is 0 Å². The summed E-state index contributed by atoms with van der Waals surface area (Å²) in [5.74, 6) is 0.960. The summed E-state index contributed by atoms with van der Waals surface area (Å²) in [6, 6.07) is 10.5. The van der Waals surface area contributed by atoms with E-state index in [9.17, 15) is 0 Å². The van der Waals surface area contributed by atoms with Gasteiger partial charge in [-0.05, 0) is 52.5 Å². The van der Waals surface area contributed by atoms with E-state index in [0.29, 0.717) is 0 Å². The fraction of sp³-hybridized carbons (Fsp3) is 0.214. The monoisotopic (exact) mass is 307 g/mol. The van der Waals surface area contributed by atoms with Gasteiger partial charge in [0.2, 0.25) is 0 Å². The third kappa shape index (κ3) is 3.11. The van der Waals surface area contributed by atoms with E-state index >= 15 is 0 Å². The Labute approximate surface area is 115 Å². The highest BCUT2D eigenvalue weighted by Crippen LogP contribution is 2.30. The molecule has 88 valence electrons. The van der Waals surface area contributed by atoms with Gasteiger partial charge in [0.15, 0.2) is 0 Å². The number of aromatic nitrogens is 1. The zero-order valence-corrected chi connectivity index (χ0v) is 12.3. The Bertz CT molecular complexity index is 525. The normalized spacial score (nSPS) is 10.5. The van der Waals surface area contributed by atoms with E-state index < -0.39 is 0 Å². The lowest BCUT2D eigenvalue weighted by Gasteiger charge is -2.07. The van der Waals surface area contributed by atoms with Gasteiger partial charge in [0, 0.05) is 11.9 Å². The number of thioether (sulfide) groups is 1. The van der Waals surface area contributed by atoms with Crippen LogP contribution in [-0.4, -0.2) is 4.98 Å². The Balaban J connectivity index is 2.13. The van der Waals surface area contributed by atoms with Crippen molar-refractivity contribution < 1.29 is 0 Å². The molecule has 0 amide bonds. The molecule has 1 aromatic carbocycles. The Morgan fingerprint density at radius 1 is 1.12 bits per heavy atom. The largest absolute Gasteiger partial charge is 0.249 e. The lowest BCUT2D eigenvalue weighted by atomic mass is 10.1. The predicted molar refractivity (Wildman–Crippen MR) is 77.4 cm³/mol. The highest BCUT2D eigenvalue weighted by molar-refractivity contribution is 9.10. The van der Waals surface area contributed by atoms with Crippen molar-refractivity contribution in [1.29, 1.82) is 0 Å². The van der Waals surface area contributed by atoms with Crippen LogP contribution in [0.4, 0.5) is 0 Å². The van der Waals surface area contributed by atoms with Crippen molar-refractivity contribution in [1.82, 2.24) is 4.98 Å². The van der Waals surface area contributed by atoms with E-state index in [1.807, 2.05) is 12.3 Å². The Hall–Kier alpha value is -0.800. The number of rotatable bonds is 3. The highest BCUT2D eigenvalue weighted by Gasteiger charge is 2.05. The minimum absolute atomic E-state index is 0.960. The van der Waals surface area contributed by atoms with Crippen molar-refractivity contribution in [3.63, 3.8) is 0 Å². The number of nitrogens with zero attached hydrogens (tertiary/aromatic N) is 1. The maximum absolute atomic E-state index is 4.40. The molecule has 0 radical (unpaired) electrons. The van der Waals surface area contributed by atoms with Crippen LogP contribution in [-0.2, 0) is 5.75 Å². The van der Waals surface area contributed by atoms with E-state index in [1.54, 1.807) is 11.8 Å². The molecule has 17 heavy (non-hydrogen) atoms. The van der Waals surface area contributed by atoms with Gasteiger partial charge in [-0.2, -0.15) is 0 Å². The van der Waals surface area contributed by atoms with E-state index in [4.69, 9.17) is 0 Å². The molecule has 0 aliphatic rings. The fourth-order valence-corrected chi connectivity index (χ4v) is 3.15. The maximum Gasteiger partial charge on any atom is 0.111 e. The number of aryl methyl sites for hydroxylation is 2. The van der Waals surface area contributed by atoms with Crippen molar-refractivity contribution in [2.45, 2.75) is 24.6 Å². The topological polar surface area (TPSA) is 12.9 Å². The SMILES string of the molecule is Cc1ccccc1CSc1nccc(C)c1Br. The van der Waals surface area contributed by atoms with Gasteiger partial charge in [0.1, 0.15) is 5.03 Å². The minimum atomic E-state index is 0.960. The van der Waals surface area contributed by atoms with Crippen molar-refractivity contribution in [2.75, 3.05) is 0 Å². The summed E-state index contributed by atoms with van der Waals surface area (Å²) in [4.78, 5) is 4.40. The maximum atomic E-state index is 4.40. The molecule has 1 aromatic heterocycles. The van der Waals surface area contributed by atoms with E-state index in [-0.39, 0.29) is 0 Å². The van der Waals surface area contributed by atoms with E-state index in [2.05, 4.69) is 59.0 Å². The van der Waals surface area contributed by atoms with Crippen molar-refractivity contribution in [3.8, 4) is 0 Å². The summed E-state index contributed by atoms with van der Waals surface area (Å²) in [7, 11) is 0. The molecule has 0 bridgehead atoms. The first kappa shape index (κ1) is 12.7. The molecule has 0 saturated heterocycles. The molecule has 0 N–H and O–H groups in total. The number of halogens is 1. The van der Waals surface area contributed by atoms with Gasteiger partial charge in [0.05, 0.1) is 4.47 Å². The minimum Gasteiger partial charge on any atom is -0.249 e. The third-order valence-electron chi connectivity index (χ3n) is 2.68. The highest BCUT2D eigenvalue weighted by atomic mass is 79.9. The summed E-state index contributed by atoms with van der Waals surface area (Å²) in [6.07, 6.45) is 1.86. The summed E-state index contributed by atoms with van der Waals surface area (Å²) in [5, 5.41) is 1.06. The second kappa shape index (κ2) is 5.69. The van der Waals surface area contributed by atoms with Gasteiger partial charge in [-0.1, -0.05) is 24.3 Å². The van der Waals surface area contributed by atoms with E-state index in [0.717, 1.165) is 15.3 Å². The van der Waals surface area contributed by atoms with Gasteiger partial charge >= 0.3 is 0 Å². The molecule has 0 aliphatic carbocycles. The first-order chi connectivity index (χ1) is 8.18. The number of benzene rings is 1. The van der Waals surface area contributed by atoms with E-state index in [1.165, 1.54) is 16.7 Å². The fourth-order valence-electron chi connectivity index (χ4n) is 1.53. The standard InChI is InChI=1S/C14H14BrNS/c1-10-5-3-4-6-12(10)9-17-14-13(15)11(2)7-8-16-14/h3-8H,9H2,1-2H3. The third-order valence-corrected chi connectivity index (χ3v) is 4.98. The van der Waals surface area contributed by atoms with Crippen LogP contribution in [0.1, 0.15) is 16.7 Å². The first-order valence-corrected chi connectivity index (χ1v) is 7.25. The quantitative estimate of drug-likeness (QED) is 0.759. The second-order valence-corrected chi connectivity index (χ2v) is 5.72. The lowest BCUT2D eigenvalue weighted by molar-refractivity contribution is 1.08. The van der Waals surface area contributed by atoms with Gasteiger partial charge in [0.25, 0.3) is 0 Å². The molecule has 2 rings (SSSR count). The van der Waals surface area contributed by atoms with Gasteiger partial charge in [-0.25, -0.2) is 4.98 Å². The zero-order chi connectivity index (χ0) is 12.3. The van der Waals surface area contributed by atoms with Crippen LogP contribution in [0.3, 0.4) is 0 Å². The van der Waals surface area contributed by atoms with Crippen LogP contribution < -0.4 is 0 Å². The van der Waals surface area contributed by atoms with Crippen LogP contribution in [0.15, 0.2) is 46.0 Å². The summed E-state index contributed by atoms with van der Waals surface area (Å²) >= 11 is 5.36. The molecule has 1 nitrogen and oxygen atoms in total. The molecule has 0 atom stereocenters. The van der Waals surface area contributed by atoms with Crippen LogP contribution in [0.2, 0.25) is 0 Å². The predicted octanol–water partition coefficient (Wildman–Crippen LogP) is 4.75. The zero-order valence-electron chi connectivity index (χ0n) is 9.90. The molecule has 0 saturated carbocycles. The summed E-state index contributed by atoms with van der Waals surface area (Å²) in [5.41, 5.74) is 3.93. The molecule has 2 aromatic rings. The van der Waals surface area contributed by atoms with Gasteiger partial charge in [-0.15, -0.1) is 11.8 Å². The molecule has 0 unspecified atom stereocenters. The Kier molecular flexibility index (Phi) is 4.24. The molecule has 0 fully saturated rings. The molecule has 1 heterocycles. The van der Waals surface area contributed by atoms with Crippen molar-refractivity contribution in [2.24, 2.45) is 0 Å². The average molecular weight is 308 g/mol. The first-order valence-electron chi connectivity index (χ1n) is 5.47. The summed E-state index contributed by atoms with van der Waals surface area (Å²) < 4.78 is 1.11. The van der Waals surface area contributed by atoms with Crippen LogP contribution in [0.25, 0.3) is 0 Å². The molecular formula is C14H14BrNS. The second-order valence-electron chi connectivity index (χ2n) is 3.96. The summed E-state index contributed by atoms with van der Waals surface area (Å²) in [6.45, 7) is 4.23. The number of hydrogen-bond acceptors (Lipinski definition) is 2. The van der Waals surface area contributed by atoms with Crippen LogP contribution >= 0.6 is 27.7 Å². The Morgan fingerprint density at radius 3 is 2.65 bits per heavy atom. The number of hydrogen-bond donors (Lipinski definition) is 0. The van der Waals surface area contributed by atoms with Crippen molar-refractivity contribution >= 4 is 27.7 Å². The lowest BCUT2D eigenvalue weighted by Crippen LogP contribution is -1.89. The smallest absolute Gasteiger partial charge is 0.111 e. The van der Waals surface area contributed by atoms with Gasteiger partial charge in [-0.3, -0.25) is 0 Å². The van der Waals surface area contributed by atoms with Crippen LogP contribution in [0, 0.1) is 13.8 Å². The average Bonchev–Trinajstić information content (AvgIpc) is 2.33. The molecule has 0 spiro atoms. The molecule has 3 heteroatoms.